The van der Waals surface area contributed by atoms with Crippen LogP contribution in [0, 0.1) is 0 Å². The maximum absolute atomic E-state index is 6.59. The molecule has 3 nitrogen and oxygen atoms in total. The van der Waals surface area contributed by atoms with Gasteiger partial charge in [-0.25, -0.2) is 9.97 Å². The van der Waals surface area contributed by atoms with E-state index < -0.39 is 8.07 Å². The van der Waals surface area contributed by atoms with Crippen LogP contribution >= 0.6 is 0 Å². The van der Waals surface area contributed by atoms with E-state index in [1.807, 2.05) is 6.07 Å². The molecule has 47 heavy (non-hydrogen) atoms. The Balaban J connectivity index is 1.24. The molecule has 0 bridgehead atoms. The van der Waals surface area contributed by atoms with Crippen molar-refractivity contribution in [2.45, 2.75) is 32.4 Å². The van der Waals surface area contributed by atoms with Crippen LogP contribution in [0.4, 0.5) is 0 Å². The lowest BCUT2D eigenvalue weighted by molar-refractivity contribution is 0.653. The average Bonchev–Trinajstić information content (AvgIpc) is 3.67. The zero-order valence-corrected chi connectivity index (χ0v) is 27.8. The zero-order chi connectivity index (χ0) is 31.7. The van der Waals surface area contributed by atoms with E-state index in [1.54, 1.807) is 0 Å². The van der Waals surface area contributed by atoms with Crippen LogP contribution in [0.15, 0.2) is 126 Å². The number of fused-ring (bicyclic) bond motifs is 12. The fourth-order valence-corrected chi connectivity index (χ4v) is 11.6. The monoisotopic (exact) mass is 620 g/mol. The fourth-order valence-electron chi connectivity index (χ4n) is 8.51. The lowest BCUT2D eigenvalue weighted by Crippen LogP contribution is -2.49. The van der Waals surface area contributed by atoms with Crippen molar-refractivity contribution in [2.75, 3.05) is 0 Å². The van der Waals surface area contributed by atoms with Gasteiger partial charge in [-0.15, -0.1) is 0 Å². The summed E-state index contributed by atoms with van der Waals surface area (Å²) < 4.78 is 6.59. The first-order chi connectivity index (χ1) is 22.8. The first-order valence-corrected chi connectivity index (χ1v) is 19.4. The van der Waals surface area contributed by atoms with Gasteiger partial charge in [0.15, 0.2) is 5.82 Å². The summed E-state index contributed by atoms with van der Waals surface area (Å²) in [6, 6.07) is 43.8. The Morgan fingerprint density at radius 3 is 2.23 bits per heavy atom. The summed E-state index contributed by atoms with van der Waals surface area (Å²) in [6.45, 7) is 9.55. The quantitative estimate of drug-likeness (QED) is 0.181. The number of benzene rings is 6. The van der Waals surface area contributed by atoms with Crippen molar-refractivity contribution in [1.82, 2.24) is 9.97 Å². The summed E-state index contributed by atoms with van der Waals surface area (Å²) in [5.41, 5.74) is 13.4. The highest BCUT2D eigenvalue weighted by molar-refractivity contribution is 7.04. The van der Waals surface area contributed by atoms with E-state index in [1.165, 1.54) is 43.8 Å². The van der Waals surface area contributed by atoms with Crippen LogP contribution in [-0.2, 0) is 5.41 Å². The van der Waals surface area contributed by atoms with Crippen LogP contribution < -0.4 is 10.4 Å². The molecule has 0 fully saturated rings. The van der Waals surface area contributed by atoms with Gasteiger partial charge in [0, 0.05) is 38.3 Å². The molecule has 224 valence electrons. The number of aromatic nitrogens is 2. The lowest BCUT2D eigenvalue weighted by atomic mass is 9.82. The SMILES string of the molecule is CC1(C)c2ccc(-c3nc(-c4ccccc4)c4c5c(ccc4n3)[Si](C)(C)c3ccccc3-5)cc2-c2c1ccc1c2oc2ccccc21. The molecule has 1 aliphatic heterocycles. The molecule has 0 amide bonds. The highest BCUT2D eigenvalue weighted by atomic mass is 28.3. The van der Waals surface area contributed by atoms with Crippen LogP contribution in [0.1, 0.15) is 25.0 Å². The van der Waals surface area contributed by atoms with E-state index in [0.29, 0.717) is 0 Å². The number of hydrogen-bond acceptors (Lipinski definition) is 3. The number of para-hydroxylation sites is 1. The fraction of sp³-hybridized carbons (Fsp3) is 0.116. The van der Waals surface area contributed by atoms with Crippen molar-refractivity contribution in [3.63, 3.8) is 0 Å². The summed E-state index contributed by atoms with van der Waals surface area (Å²) in [5, 5.41) is 6.41. The minimum Gasteiger partial charge on any atom is -0.455 e. The molecule has 0 saturated carbocycles. The summed E-state index contributed by atoms with van der Waals surface area (Å²) in [6.07, 6.45) is 0. The predicted molar refractivity (Wildman–Crippen MR) is 197 cm³/mol. The highest BCUT2D eigenvalue weighted by Gasteiger charge is 2.40. The smallest absolute Gasteiger partial charge is 0.160 e. The molecule has 2 aromatic heterocycles. The Kier molecular flexibility index (Phi) is 5.22. The molecule has 8 aromatic rings. The predicted octanol–water partition coefficient (Wildman–Crippen LogP) is 9.97. The van der Waals surface area contributed by atoms with Crippen LogP contribution in [0.5, 0.6) is 0 Å². The van der Waals surface area contributed by atoms with E-state index in [2.05, 4.69) is 142 Å². The van der Waals surface area contributed by atoms with Gasteiger partial charge in [0.05, 0.1) is 11.2 Å². The van der Waals surface area contributed by atoms with Crippen molar-refractivity contribution >= 4 is 51.3 Å². The maximum Gasteiger partial charge on any atom is 0.160 e. The second kappa shape index (κ2) is 9.15. The van der Waals surface area contributed by atoms with Gasteiger partial charge in [0.25, 0.3) is 0 Å². The van der Waals surface area contributed by atoms with Gasteiger partial charge in [0.1, 0.15) is 19.2 Å². The molecular formula is C43H32N2OSi. The summed E-state index contributed by atoms with van der Waals surface area (Å²) in [4.78, 5) is 10.8. The largest absolute Gasteiger partial charge is 0.455 e. The van der Waals surface area contributed by atoms with Crippen LogP contribution in [0.25, 0.3) is 77.7 Å². The van der Waals surface area contributed by atoms with E-state index in [0.717, 1.165) is 55.5 Å². The molecule has 6 aromatic carbocycles. The van der Waals surface area contributed by atoms with Crippen molar-refractivity contribution < 1.29 is 4.42 Å². The minimum absolute atomic E-state index is 0.152. The molecule has 0 N–H and O–H groups in total. The molecule has 0 radical (unpaired) electrons. The minimum atomic E-state index is -1.86. The van der Waals surface area contributed by atoms with Gasteiger partial charge < -0.3 is 4.42 Å². The van der Waals surface area contributed by atoms with Crippen LogP contribution in [0.3, 0.4) is 0 Å². The van der Waals surface area contributed by atoms with Crippen molar-refractivity contribution in [1.29, 1.82) is 0 Å². The lowest BCUT2D eigenvalue weighted by Gasteiger charge is -2.21. The first-order valence-electron chi connectivity index (χ1n) is 16.4. The Hall–Kier alpha value is -5.32. The molecular weight excluding hydrogens is 589 g/mol. The van der Waals surface area contributed by atoms with Gasteiger partial charge >= 0.3 is 0 Å². The number of furan rings is 1. The standard InChI is InChI=1S/C43H32N2OSi/c1-43(2)31-20-18-26(24-30(31)37-32(43)21-19-28-27-14-8-10-16-34(27)46-41(28)37)42-44-33-22-23-36-38(29-15-9-11-17-35(29)47(36,3)4)39(33)40(45-42)25-12-6-5-7-13-25/h5-24H,1-4H3. The van der Waals surface area contributed by atoms with Gasteiger partial charge in [-0.2, -0.15) is 0 Å². The number of nitrogens with zero attached hydrogens (tertiary/aromatic N) is 2. The molecule has 4 heteroatoms. The molecule has 0 saturated heterocycles. The molecule has 0 atom stereocenters. The molecule has 1 aliphatic carbocycles. The molecule has 0 unspecified atom stereocenters. The van der Waals surface area contributed by atoms with Crippen molar-refractivity contribution in [3.05, 3.63) is 132 Å². The zero-order valence-electron chi connectivity index (χ0n) is 26.8. The molecule has 10 rings (SSSR count). The van der Waals surface area contributed by atoms with E-state index >= 15 is 0 Å². The Labute approximate surface area is 274 Å². The average molecular weight is 621 g/mol. The van der Waals surface area contributed by atoms with Gasteiger partial charge in [0.2, 0.25) is 0 Å². The second-order valence-electron chi connectivity index (χ2n) is 14.2. The molecule has 0 spiro atoms. The topological polar surface area (TPSA) is 38.9 Å². The van der Waals surface area contributed by atoms with Gasteiger partial charge in [-0.1, -0.05) is 130 Å². The van der Waals surface area contributed by atoms with E-state index in [9.17, 15) is 0 Å². The second-order valence-corrected chi connectivity index (χ2v) is 18.5. The Morgan fingerprint density at radius 2 is 1.36 bits per heavy atom. The summed E-state index contributed by atoms with van der Waals surface area (Å²) in [5.74, 6) is 0.741. The van der Waals surface area contributed by atoms with E-state index in [-0.39, 0.29) is 5.41 Å². The Bertz CT molecular complexity index is 2630. The third-order valence-electron chi connectivity index (χ3n) is 10.9. The summed E-state index contributed by atoms with van der Waals surface area (Å²) >= 11 is 0. The first kappa shape index (κ1) is 26.9. The normalized spacial score (nSPS) is 15.1. The van der Waals surface area contributed by atoms with Crippen LogP contribution in [-0.4, -0.2) is 18.0 Å². The molecule has 3 heterocycles. The highest BCUT2D eigenvalue weighted by Crippen LogP contribution is 2.53. The van der Waals surface area contributed by atoms with Gasteiger partial charge in [-0.3, -0.25) is 0 Å². The Morgan fingerprint density at radius 1 is 0.596 bits per heavy atom. The summed E-state index contributed by atoms with van der Waals surface area (Å²) in [7, 11) is -1.86. The number of hydrogen-bond donors (Lipinski definition) is 0. The van der Waals surface area contributed by atoms with E-state index in [4.69, 9.17) is 14.4 Å². The maximum atomic E-state index is 6.59. The molecule has 2 aliphatic rings. The van der Waals surface area contributed by atoms with Crippen molar-refractivity contribution in [2.24, 2.45) is 0 Å². The third-order valence-corrected chi connectivity index (χ3v) is 14.4. The van der Waals surface area contributed by atoms with Gasteiger partial charge in [-0.05, 0) is 56.4 Å². The van der Waals surface area contributed by atoms with Crippen molar-refractivity contribution in [3.8, 4) is 44.9 Å². The third kappa shape index (κ3) is 3.51. The van der Waals surface area contributed by atoms with Crippen LogP contribution in [0.2, 0.25) is 13.1 Å². The number of rotatable bonds is 2.